The first-order valence-corrected chi connectivity index (χ1v) is 5.96. The second-order valence-electron chi connectivity index (χ2n) is 4.12. The number of fused-ring (bicyclic) bond motifs is 1. The summed E-state index contributed by atoms with van der Waals surface area (Å²) in [5.74, 6) is 0. The zero-order valence-corrected chi connectivity index (χ0v) is 10.8. The summed E-state index contributed by atoms with van der Waals surface area (Å²) in [6.45, 7) is 4.19. The molecule has 0 atom stereocenters. The van der Waals surface area contributed by atoms with Gasteiger partial charge in [-0.05, 0) is 32.0 Å². The van der Waals surface area contributed by atoms with Gasteiger partial charge in [0, 0.05) is 33.2 Å². The van der Waals surface area contributed by atoms with Gasteiger partial charge >= 0.3 is 0 Å². The second-order valence-corrected chi connectivity index (χ2v) is 5.03. The molecule has 86 valence electrons. The molecular weight excluding hydrogens is 270 g/mol. The highest BCUT2D eigenvalue weighted by Crippen LogP contribution is 2.30. The molecule has 0 fully saturated rings. The van der Waals surface area contributed by atoms with Gasteiger partial charge in [-0.25, -0.2) is 0 Å². The lowest BCUT2D eigenvalue weighted by atomic mass is 10.1. The molecule has 4 heteroatoms. The molecule has 3 nitrogen and oxygen atoms in total. The standard InChI is InChI=1S/C12H14BrNO2/c1-7(2)14-4-3-9-10(12(15)16)5-8(13)6-11(9)14/h3-7,12,15-16H,1-2H3. The normalized spacial score (nSPS) is 11.9. The van der Waals surface area contributed by atoms with E-state index in [0.29, 0.717) is 11.6 Å². The topological polar surface area (TPSA) is 45.4 Å². The van der Waals surface area contributed by atoms with Gasteiger partial charge in [0.1, 0.15) is 0 Å². The summed E-state index contributed by atoms with van der Waals surface area (Å²) >= 11 is 3.38. The van der Waals surface area contributed by atoms with Gasteiger partial charge in [-0.1, -0.05) is 15.9 Å². The lowest BCUT2D eigenvalue weighted by Crippen LogP contribution is -2.00. The summed E-state index contributed by atoms with van der Waals surface area (Å²) in [5.41, 5.74) is 1.54. The van der Waals surface area contributed by atoms with Crippen LogP contribution in [0.25, 0.3) is 10.9 Å². The molecule has 2 N–H and O–H groups in total. The Labute approximate surface area is 102 Å². The van der Waals surface area contributed by atoms with Crippen LogP contribution in [0.15, 0.2) is 28.9 Å². The van der Waals surface area contributed by atoms with Crippen LogP contribution in [-0.4, -0.2) is 14.8 Å². The van der Waals surface area contributed by atoms with Crippen molar-refractivity contribution < 1.29 is 10.2 Å². The highest BCUT2D eigenvalue weighted by molar-refractivity contribution is 9.10. The molecular formula is C12H14BrNO2. The largest absolute Gasteiger partial charge is 0.364 e. The Kier molecular flexibility index (Phi) is 3.06. The van der Waals surface area contributed by atoms with Gasteiger partial charge in [0.25, 0.3) is 0 Å². The van der Waals surface area contributed by atoms with E-state index in [2.05, 4.69) is 34.3 Å². The monoisotopic (exact) mass is 283 g/mol. The van der Waals surface area contributed by atoms with Crippen LogP contribution in [0, 0.1) is 0 Å². The van der Waals surface area contributed by atoms with Crippen LogP contribution in [0.1, 0.15) is 31.7 Å². The predicted molar refractivity (Wildman–Crippen MR) is 67.2 cm³/mol. The van der Waals surface area contributed by atoms with Crippen molar-refractivity contribution in [2.75, 3.05) is 0 Å². The van der Waals surface area contributed by atoms with E-state index in [1.807, 2.05) is 18.3 Å². The van der Waals surface area contributed by atoms with Gasteiger partial charge in [-0.2, -0.15) is 0 Å². The van der Waals surface area contributed by atoms with Crippen molar-refractivity contribution in [3.8, 4) is 0 Å². The Hall–Kier alpha value is -0.840. The Morgan fingerprint density at radius 2 is 1.94 bits per heavy atom. The van der Waals surface area contributed by atoms with Crippen molar-refractivity contribution in [3.63, 3.8) is 0 Å². The number of aliphatic hydroxyl groups is 2. The predicted octanol–water partition coefficient (Wildman–Crippen LogP) is 2.97. The van der Waals surface area contributed by atoms with Crippen LogP contribution in [0.4, 0.5) is 0 Å². The fourth-order valence-electron chi connectivity index (χ4n) is 1.92. The molecule has 2 aromatic rings. The van der Waals surface area contributed by atoms with Gasteiger partial charge < -0.3 is 14.8 Å². The number of rotatable bonds is 2. The molecule has 1 aromatic carbocycles. The molecule has 0 spiro atoms. The van der Waals surface area contributed by atoms with E-state index < -0.39 is 6.29 Å². The van der Waals surface area contributed by atoms with Crippen LogP contribution < -0.4 is 0 Å². The number of hydrogen-bond donors (Lipinski definition) is 2. The highest BCUT2D eigenvalue weighted by atomic mass is 79.9. The van der Waals surface area contributed by atoms with Crippen LogP contribution in [0.5, 0.6) is 0 Å². The molecule has 16 heavy (non-hydrogen) atoms. The van der Waals surface area contributed by atoms with E-state index in [9.17, 15) is 10.2 Å². The fraction of sp³-hybridized carbons (Fsp3) is 0.333. The number of aromatic nitrogens is 1. The first kappa shape index (κ1) is 11.6. The van der Waals surface area contributed by atoms with E-state index in [4.69, 9.17) is 0 Å². The maximum absolute atomic E-state index is 9.32. The van der Waals surface area contributed by atoms with E-state index in [0.717, 1.165) is 15.4 Å². The lowest BCUT2D eigenvalue weighted by molar-refractivity contribution is -0.0413. The SMILES string of the molecule is CC(C)n1ccc2c(C(O)O)cc(Br)cc21. The molecule has 0 saturated heterocycles. The Morgan fingerprint density at radius 3 is 2.50 bits per heavy atom. The van der Waals surface area contributed by atoms with Gasteiger partial charge in [0.15, 0.2) is 6.29 Å². The van der Waals surface area contributed by atoms with Crippen molar-refractivity contribution >= 4 is 26.8 Å². The van der Waals surface area contributed by atoms with Crippen molar-refractivity contribution in [1.82, 2.24) is 4.57 Å². The number of hydrogen-bond acceptors (Lipinski definition) is 2. The van der Waals surface area contributed by atoms with E-state index in [1.165, 1.54) is 0 Å². The van der Waals surface area contributed by atoms with Crippen LogP contribution in [0.3, 0.4) is 0 Å². The summed E-state index contributed by atoms with van der Waals surface area (Å²) in [5, 5.41) is 19.5. The molecule has 0 radical (unpaired) electrons. The molecule has 0 bridgehead atoms. The molecule has 0 amide bonds. The zero-order valence-electron chi connectivity index (χ0n) is 9.18. The highest BCUT2D eigenvalue weighted by Gasteiger charge is 2.13. The van der Waals surface area contributed by atoms with E-state index in [-0.39, 0.29) is 0 Å². The van der Waals surface area contributed by atoms with Crippen molar-refractivity contribution in [1.29, 1.82) is 0 Å². The Balaban J connectivity index is 2.75. The average Bonchev–Trinajstić information content (AvgIpc) is 2.59. The third-order valence-electron chi connectivity index (χ3n) is 2.67. The second kappa shape index (κ2) is 4.20. The van der Waals surface area contributed by atoms with E-state index >= 15 is 0 Å². The summed E-state index contributed by atoms with van der Waals surface area (Å²) in [6, 6.07) is 5.98. The summed E-state index contributed by atoms with van der Waals surface area (Å²) < 4.78 is 2.95. The van der Waals surface area contributed by atoms with Crippen LogP contribution >= 0.6 is 15.9 Å². The van der Waals surface area contributed by atoms with Gasteiger partial charge in [-0.3, -0.25) is 0 Å². The Morgan fingerprint density at radius 1 is 1.25 bits per heavy atom. The fourth-order valence-corrected chi connectivity index (χ4v) is 2.38. The first-order valence-electron chi connectivity index (χ1n) is 5.17. The number of aliphatic hydroxyl groups excluding tert-OH is 1. The van der Waals surface area contributed by atoms with Gasteiger partial charge in [0.05, 0.1) is 0 Å². The molecule has 0 aliphatic rings. The van der Waals surface area contributed by atoms with Gasteiger partial charge in [0.2, 0.25) is 0 Å². The molecule has 0 unspecified atom stereocenters. The van der Waals surface area contributed by atoms with E-state index in [1.54, 1.807) is 6.07 Å². The zero-order chi connectivity index (χ0) is 11.9. The van der Waals surface area contributed by atoms with Crippen LogP contribution in [0.2, 0.25) is 0 Å². The van der Waals surface area contributed by atoms with Crippen molar-refractivity contribution in [2.45, 2.75) is 26.2 Å². The Bertz CT molecular complexity index is 517. The minimum Gasteiger partial charge on any atom is -0.364 e. The quantitative estimate of drug-likeness (QED) is 0.833. The minimum absolute atomic E-state index is 0.343. The smallest absolute Gasteiger partial charge is 0.179 e. The summed E-state index contributed by atoms with van der Waals surface area (Å²) in [6.07, 6.45) is 0.524. The molecule has 1 heterocycles. The third kappa shape index (κ3) is 1.88. The molecule has 0 aliphatic carbocycles. The molecule has 2 rings (SSSR count). The summed E-state index contributed by atoms with van der Waals surface area (Å²) in [4.78, 5) is 0. The van der Waals surface area contributed by atoms with Crippen molar-refractivity contribution in [2.24, 2.45) is 0 Å². The number of benzene rings is 1. The maximum atomic E-state index is 9.32. The first-order chi connectivity index (χ1) is 7.50. The lowest BCUT2D eigenvalue weighted by Gasteiger charge is -2.12. The van der Waals surface area contributed by atoms with Crippen molar-refractivity contribution in [3.05, 3.63) is 34.4 Å². The summed E-state index contributed by atoms with van der Waals surface area (Å²) in [7, 11) is 0. The number of halogens is 1. The third-order valence-corrected chi connectivity index (χ3v) is 3.13. The number of nitrogens with zero attached hydrogens (tertiary/aromatic N) is 1. The van der Waals surface area contributed by atoms with Crippen LogP contribution in [-0.2, 0) is 0 Å². The maximum Gasteiger partial charge on any atom is 0.179 e. The van der Waals surface area contributed by atoms with Gasteiger partial charge in [-0.15, -0.1) is 0 Å². The average molecular weight is 284 g/mol. The molecule has 1 aromatic heterocycles. The minimum atomic E-state index is -1.44. The molecule has 0 aliphatic heterocycles. The molecule has 0 saturated carbocycles.